The molecule has 0 atom stereocenters. The smallest absolute Gasteiger partial charge is 0.128 e. The zero-order chi connectivity index (χ0) is 12.0. The van der Waals surface area contributed by atoms with Crippen LogP contribution in [0, 0.1) is 5.41 Å². The van der Waals surface area contributed by atoms with Crippen LogP contribution in [0.4, 0.5) is 0 Å². The predicted molar refractivity (Wildman–Crippen MR) is 67.4 cm³/mol. The van der Waals surface area contributed by atoms with Crippen LogP contribution < -0.4 is 4.74 Å². The average Bonchev–Trinajstić information content (AvgIpc) is 2.31. The maximum atomic E-state index is 8.09. The summed E-state index contributed by atoms with van der Waals surface area (Å²) in [6.07, 6.45) is 0. The Labute approximate surface area is 97.5 Å². The van der Waals surface area contributed by atoms with Crippen LogP contribution in [0.5, 0.6) is 5.75 Å². The van der Waals surface area contributed by atoms with Gasteiger partial charge in [-0.05, 0) is 32.9 Å². The van der Waals surface area contributed by atoms with E-state index >= 15 is 0 Å². The molecule has 1 aromatic rings. The first kappa shape index (κ1) is 12.6. The van der Waals surface area contributed by atoms with Crippen molar-refractivity contribution in [3.8, 4) is 5.75 Å². The van der Waals surface area contributed by atoms with Crippen molar-refractivity contribution in [1.82, 2.24) is 4.90 Å². The van der Waals surface area contributed by atoms with Gasteiger partial charge < -0.3 is 9.64 Å². The second-order valence-electron chi connectivity index (χ2n) is 3.48. The monoisotopic (exact) mass is 220 g/mol. The summed E-state index contributed by atoms with van der Waals surface area (Å²) in [6, 6.07) is 7.72. The summed E-state index contributed by atoms with van der Waals surface area (Å²) in [4.78, 5) is 2.02. The van der Waals surface area contributed by atoms with Crippen LogP contribution in [0.1, 0.15) is 26.3 Å². The number of nitrogens with one attached hydrogen (secondary N) is 1. The highest BCUT2D eigenvalue weighted by Crippen LogP contribution is 2.14. The van der Waals surface area contributed by atoms with Gasteiger partial charge in [-0.1, -0.05) is 12.1 Å². The molecule has 1 rings (SSSR count). The fourth-order valence-corrected chi connectivity index (χ4v) is 1.62. The predicted octanol–water partition coefficient (Wildman–Crippen LogP) is 2.75. The quantitative estimate of drug-likeness (QED) is 0.612. The van der Waals surface area contributed by atoms with Gasteiger partial charge in [0.1, 0.15) is 11.6 Å². The lowest BCUT2D eigenvalue weighted by Gasteiger charge is -2.21. The van der Waals surface area contributed by atoms with Crippen LogP contribution in [-0.2, 0) is 0 Å². The molecule has 0 saturated carbocycles. The van der Waals surface area contributed by atoms with E-state index in [9.17, 15) is 0 Å². The number of hydrogen-bond acceptors (Lipinski definition) is 2. The molecule has 0 aliphatic carbocycles. The first-order valence-electron chi connectivity index (χ1n) is 5.79. The minimum atomic E-state index is 0.562. The molecular formula is C13H20N2O. The Morgan fingerprint density at radius 1 is 1.25 bits per heavy atom. The highest BCUT2D eigenvalue weighted by atomic mass is 16.5. The zero-order valence-corrected chi connectivity index (χ0v) is 10.3. The topological polar surface area (TPSA) is 36.3 Å². The molecule has 1 N–H and O–H groups in total. The molecule has 0 fully saturated rings. The van der Waals surface area contributed by atoms with Gasteiger partial charge in [0.25, 0.3) is 0 Å². The van der Waals surface area contributed by atoms with Crippen LogP contribution in [0.15, 0.2) is 24.3 Å². The molecule has 3 nitrogen and oxygen atoms in total. The number of nitrogens with zero attached hydrogens (tertiary/aromatic N) is 1. The molecule has 3 heteroatoms. The molecule has 0 aromatic heterocycles. The van der Waals surface area contributed by atoms with E-state index in [0.717, 1.165) is 24.4 Å². The molecule has 0 bridgehead atoms. The average molecular weight is 220 g/mol. The lowest BCUT2D eigenvalue weighted by Crippen LogP contribution is -2.30. The van der Waals surface area contributed by atoms with Crippen LogP contribution >= 0.6 is 0 Å². The SMILES string of the molecule is CCOc1cccc(C(=N)N(CC)CC)c1. The Kier molecular flexibility index (Phi) is 4.83. The lowest BCUT2D eigenvalue weighted by atomic mass is 10.2. The van der Waals surface area contributed by atoms with E-state index in [1.807, 2.05) is 36.1 Å². The van der Waals surface area contributed by atoms with Crippen molar-refractivity contribution in [1.29, 1.82) is 5.41 Å². The molecule has 1 aromatic carbocycles. The van der Waals surface area contributed by atoms with Gasteiger partial charge >= 0.3 is 0 Å². The first-order chi connectivity index (χ1) is 7.72. The number of ether oxygens (including phenoxy) is 1. The van der Waals surface area contributed by atoms with Crippen LogP contribution in [-0.4, -0.2) is 30.4 Å². The third kappa shape index (κ3) is 2.99. The summed E-state index contributed by atoms with van der Waals surface area (Å²) in [7, 11) is 0. The fraction of sp³-hybridized carbons (Fsp3) is 0.462. The second kappa shape index (κ2) is 6.16. The van der Waals surface area contributed by atoms with Crippen molar-refractivity contribution in [3.05, 3.63) is 29.8 Å². The maximum absolute atomic E-state index is 8.09. The fourth-order valence-electron chi connectivity index (χ4n) is 1.62. The van der Waals surface area contributed by atoms with Gasteiger partial charge in [0.2, 0.25) is 0 Å². The van der Waals surface area contributed by atoms with Crippen molar-refractivity contribution >= 4 is 5.84 Å². The molecule has 0 unspecified atom stereocenters. The van der Waals surface area contributed by atoms with E-state index in [1.165, 1.54) is 0 Å². The molecule has 0 amide bonds. The van der Waals surface area contributed by atoms with Gasteiger partial charge in [0.05, 0.1) is 6.61 Å². The standard InChI is InChI=1S/C13H20N2O/c1-4-15(5-2)13(14)11-8-7-9-12(10-11)16-6-3/h7-10,14H,4-6H2,1-3H3. The Hall–Kier alpha value is -1.51. The number of amidine groups is 1. The summed E-state index contributed by atoms with van der Waals surface area (Å²) in [5, 5.41) is 8.09. The van der Waals surface area contributed by atoms with Gasteiger partial charge in [-0.25, -0.2) is 0 Å². The minimum absolute atomic E-state index is 0.562. The third-order valence-corrected chi connectivity index (χ3v) is 2.50. The van der Waals surface area contributed by atoms with Crippen molar-refractivity contribution < 1.29 is 4.74 Å². The van der Waals surface area contributed by atoms with Crippen LogP contribution in [0.2, 0.25) is 0 Å². The van der Waals surface area contributed by atoms with Gasteiger partial charge in [-0.15, -0.1) is 0 Å². The van der Waals surface area contributed by atoms with Crippen LogP contribution in [0.3, 0.4) is 0 Å². The van der Waals surface area contributed by atoms with Crippen LogP contribution in [0.25, 0.3) is 0 Å². The molecule has 0 aliphatic heterocycles. The summed E-state index contributed by atoms with van der Waals surface area (Å²) in [6.45, 7) is 8.45. The maximum Gasteiger partial charge on any atom is 0.128 e. The van der Waals surface area contributed by atoms with Gasteiger partial charge in [0.15, 0.2) is 0 Å². The van der Waals surface area contributed by atoms with E-state index in [-0.39, 0.29) is 0 Å². The molecule has 0 spiro atoms. The summed E-state index contributed by atoms with van der Waals surface area (Å²) in [5.74, 6) is 1.39. The molecule has 0 heterocycles. The third-order valence-electron chi connectivity index (χ3n) is 2.50. The minimum Gasteiger partial charge on any atom is -0.494 e. The highest BCUT2D eigenvalue weighted by molar-refractivity contribution is 5.96. The summed E-state index contributed by atoms with van der Waals surface area (Å²) >= 11 is 0. The Balaban J connectivity index is 2.86. The Bertz CT molecular complexity index is 346. The van der Waals surface area contributed by atoms with E-state index in [4.69, 9.17) is 10.1 Å². The van der Waals surface area contributed by atoms with Crippen molar-refractivity contribution in [2.75, 3.05) is 19.7 Å². The molecule has 0 aliphatic rings. The van der Waals surface area contributed by atoms with Gasteiger partial charge in [-0.3, -0.25) is 5.41 Å². The second-order valence-corrected chi connectivity index (χ2v) is 3.48. The zero-order valence-electron chi connectivity index (χ0n) is 10.3. The molecule has 0 radical (unpaired) electrons. The number of rotatable bonds is 5. The molecule has 16 heavy (non-hydrogen) atoms. The first-order valence-corrected chi connectivity index (χ1v) is 5.79. The van der Waals surface area contributed by atoms with Gasteiger partial charge in [0, 0.05) is 18.7 Å². The largest absolute Gasteiger partial charge is 0.494 e. The van der Waals surface area contributed by atoms with Crippen molar-refractivity contribution in [3.63, 3.8) is 0 Å². The normalized spacial score (nSPS) is 9.94. The van der Waals surface area contributed by atoms with E-state index < -0.39 is 0 Å². The molecule has 88 valence electrons. The number of hydrogen-bond donors (Lipinski definition) is 1. The Morgan fingerprint density at radius 3 is 2.50 bits per heavy atom. The van der Waals surface area contributed by atoms with E-state index in [2.05, 4.69) is 13.8 Å². The van der Waals surface area contributed by atoms with E-state index in [0.29, 0.717) is 12.4 Å². The summed E-state index contributed by atoms with van der Waals surface area (Å²) in [5.41, 5.74) is 0.912. The van der Waals surface area contributed by atoms with Gasteiger partial charge in [-0.2, -0.15) is 0 Å². The van der Waals surface area contributed by atoms with E-state index in [1.54, 1.807) is 0 Å². The Morgan fingerprint density at radius 2 is 1.94 bits per heavy atom. The summed E-state index contributed by atoms with van der Waals surface area (Å²) < 4.78 is 5.43. The lowest BCUT2D eigenvalue weighted by molar-refractivity contribution is 0.340. The van der Waals surface area contributed by atoms with Crippen molar-refractivity contribution in [2.24, 2.45) is 0 Å². The number of benzene rings is 1. The van der Waals surface area contributed by atoms with Crippen molar-refractivity contribution in [2.45, 2.75) is 20.8 Å². The molecule has 0 saturated heterocycles. The highest BCUT2D eigenvalue weighted by Gasteiger charge is 2.08. The molecular weight excluding hydrogens is 200 g/mol.